The Morgan fingerprint density at radius 2 is 1.61 bits per heavy atom. The van der Waals surface area contributed by atoms with Gasteiger partial charge in [-0.1, -0.05) is 52.8 Å². The van der Waals surface area contributed by atoms with Crippen LogP contribution in [0.15, 0.2) is 36.4 Å². The van der Waals surface area contributed by atoms with E-state index in [2.05, 4.69) is 58.8 Å². The highest BCUT2D eigenvalue weighted by Gasteiger charge is 2.72. The quantitative estimate of drug-likeness (QED) is 0.0822. The monoisotopic (exact) mass is 815 g/mol. The maximum atomic E-state index is 14.6. The van der Waals surface area contributed by atoms with E-state index in [1.807, 2.05) is 18.2 Å². The lowest BCUT2D eigenvalue weighted by atomic mass is 9.32. The van der Waals surface area contributed by atoms with Gasteiger partial charge in [0, 0.05) is 24.6 Å². The van der Waals surface area contributed by atoms with Crippen molar-refractivity contribution in [2.75, 3.05) is 19.9 Å². The van der Waals surface area contributed by atoms with Crippen molar-refractivity contribution in [3.63, 3.8) is 0 Å². The van der Waals surface area contributed by atoms with E-state index in [-0.39, 0.29) is 58.7 Å². The van der Waals surface area contributed by atoms with Crippen LogP contribution in [0, 0.1) is 62.1 Å². The smallest absolute Gasteiger partial charge is 0.309 e. The molecule has 3 N–H and O–H groups in total. The maximum absolute atomic E-state index is 14.6. The molecule has 1 aromatic rings. The van der Waals surface area contributed by atoms with Crippen LogP contribution in [0.5, 0.6) is 11.5 Å². The predicted molar refractivity (Wildman–Crippen MR) is 227 cm³/mol. The van der Waals surface area contributed by atoms with Crippen molar-refractivity contribution in [2.24, 2.45) is 62.1 Å². The van der Waals surface area contributed by atoms with Gasteiger partial charge in [-0.05, 0) is 161 Å². The van der Waals surface area contributed by atoms with E-state index < -0.39 is 22.8 Å². The molecule has 5 saturated carbocycles. The van der Waals surface area contributed by atoms with Crippen molar-refractivity contribution in [1.82, 2.24) is 10.6 Å². The van der Waals surface area contributed by atoms with Crippen LogP contribution in [-0.2, 0) is 23.9 Å². The number of carbonyl (C=O) groups is 4. The molecule has 0 bridgehead atoms. The lowest BCUT2D eigenvalue weighted by molar-refractivity contribution is -0.249. The van der Waals surface area contributed by atoms with Gasteiger partial charge in [0.2, 0.25) is 18.6 Å². The van der Waals surface area contributed by atoms with Crippen LogP contribution >= 0.6 is 0 Å². The van der Waals surface area contributed by atoms with Crippen molar-refractivity contribution in [3.05, 3.63) is 42.0 Å². The normalized spacial score (nSPS) is 36.7. The molecule has 324 valence electrons. The molecule has 0 radical (unpaired) electrons. The SMILES string of the molecule is C=C(C)[C@@H]1CC[C@]2(C(=O)NCCCNC(=O)/C=C/c3ccc4c(c3)OCO4)CC[C@]3(C)[C@H](CC[C@@H]4[C@@]5(C)CC[C@H](OC(=O)CC(C)(C)C(=O)O)C(C)(C)[C@@H]5CC[C@]43C)[C@@H]12. The topological polar surface area (TPSA) is 140 Å². The third kappa shape index (κ3) is 7.30. The third-order valence-corrected chi connectivity index (χ3v) is 17.7. The number of carboxylic acid groups (broad SMARTS) is 1. The molecule has 5 fully saturated rings. The number of rotatable bonds is 12. The van der Waals surface area contributed by atoms with Crippen LogP contribution in [-0.4, -0.2) is 54.8 Å². The number of carboxylic acids is 1. The molecule has 5 aliphatic carbocycles. The van der Waals surface area contributed by atoms with E-state index in [1.54, 1.807) is 19.9 Å². The van der Waals surface area contributed by atoms with Crippen molar-refractivity contribution in [1.29, 1.82) is 0 Å². The van der Waals surface area contributed by atoms with Gasteiger partial charge in [-0.25, -0.2) is 0 Å². The molecule has 0 saturated heterocycles. The molecule has 1 aromatic carbocycles. The second-order valence-corrected chi connectivity index (χ2v) is 21.4. The Labute approximate surface area is 352 Å². The van der Waals surface area contributed by atoms with Gasteiger partial charge in [0.1, 0.15) is 6.10 Å². The molecule has 0 unspecified atom stereocenters. The number of nitrogens with one attached hydrogen (secondary N) is 2. The zero-order chi connectivity index (χ0) is 42.8. The first-order chi connectivity index (χ1) is 27.7. The molecule has 1 heterocycles. The molecule has 0 aromatic heterocycles. The number of ether oxygens (including phenoxy) is 3. The second-order valence-electron chi connectivity index (χ2n) is 21.4. The van der Waals surface area contributed by atoms with Crippen molar-refractivity contribution >= 4 is 29.8 Å². The molecule has 6 aliphatic rings. The minimum atomic E-state index is -1.17. The molecule has 10 nitrogen and oxygen atoms in total. The number of allylic oxidation sites excluding steroid dienone is 1. The number of esters is 1. The van der Waals surface area contributed by atoms with Gasteiger partial charge in [0.05, 0.1) is 17.3 Å². The summed E-state index contributed by atoms with van der Waals surface area (Å²) < 4.78 is 17.0. The van der Waals surface area contributed by atoms with E-state index in [0.29, 0.717) is 54.7 Å². The minimum Gasteiger partial charge on any atom is -0.481 e. The van der Waals surface area contributed by atoms with Gasteiger partial charge < -0.3 is 30.0 Å². The summed E-state index contributed by atoms with van der Waals surface area (Å²) in [4.78, 5) is 52.0. The summed E-state index contributed by atoms with van der Waals surface area (Å²) in [5.74, 6) is 1.88. The summed E-state index contributed by atoms with van der Waals surface area (Å²) in [5, 5.41) is 16.0. The van der Waals surface area contributed by atoms with Crippen molar-refractivity contribution < 1.29 is 38.5 Å². The fraction of sp³-hybridized carbons (Fsp3) is 0.714. The summed E-state index contributed by atoms with van der Waals surface area (Å²) in [6, 6.07) is 5.58. The van der Waals surface area contributed by atoms with E-state index in [1.165, 1.54) is 11.6 Å². The molecule has 10 atom stereocenters. The second kappa shape index (κ2) is 15.6. The Bertz CT molecular complexity index is 1890. The average Bonchev–Trinajstić information content (AvgIpc) is 3.81. The minimum absolute atomic E-state index is 0.0741. The molecular weight excluding hydrogens is 745 g/mol. The molecule has 59 heavy (non-hydrogen) atoms. The highest BCUT2D eigenvalue weighted by Crippen LogP contribution is 2.77. The maximum Gasteiger partial charge on any atom is 0.309 e. The number of amides is 2. The van der Waals surface area contributed by atoms with Crippen LogP contribution in [0.1, 0.15) is 138 Å². The van der Waals surface area contributed by atoms with Gasteiger partial charge in [0.15, 0.2) is 11.5 Å². The Morgan fingerprint density at radius 1 is 0.881 bits per heavy atom. The van der Waals surface area contributed by atoms with Gasteiger partial charge in [-0.2, -0.15) is 0 Å². The van der Waals surface area contributed by atoms with Crippen molar-refractivity contribution in [2.45, 2.75) is 139 Å². The van der Waals surface area contributed by atoms with E-state index in [9.17, 15) is 24.3 Å². The van der Waals surface area contributed by atoms with Crippen LogP contribution in [0.3, 0.4) is 0 Å². The number of carbonyl (C=O) groups excluding carboxylic acids is 3. The Kier molecular flexibility index (Phi) is 11.4. The van der Waals surface area contributed by atoms with Gasteiger partial charge >= 0.3 is 11.9 Å². The molecule has 1 aliphatic heterocycles. The summed E-state index contributed by atoms with van der Waals surface area (Å²) in [5.41, 5.74) is 0.510. The first-order valence-electron chi connectivity index (χ1n) is 22.4. The van der Waals surface area contributed by atoms with Crippen LogP contribution in [0.25, 0.3) is 6.08 Å². The third-order valence-electron chi connectivity index (χ3n) is 17.7. The van der Waals surface area contributed by atoms with Crippen LogP contribution in [0.4, 0.5) is 0 Å². The zero-order valence-corrected chi connectivity index (χ0v) is 37.0. The Morgan fingerprint density at radius 3 is 2.34 bits per heavy atom. The first kappa shape index (κ1) is 43.3. The number of hydrogen-bond donors (Lipinski definition) is 3. The fourth-order valence-corrected chi connectivity index (χ4v) is 14.3. The van der Waals surface area contributed by atoms with E-state index in [4.69, 9.17) is 14.2 Å². The highest BCUT2D eigenvalue weighted by molar-refractivity contribution is 5.91. The van der Waals surface area contributed by atoms with Crippen molar-refractivity contribution in [3.8, 4) is 11.5 Å². The summed E-state index contributed by atoms with van der Waals surface area (Å²) in [6.07, 6.45) is 13.6. The summed E-state index contributed by atoms with van der Waals surface area (Å²) in [6.45, 7) is 23.3. The van der Waals surface area contributed by atoms with Crippen LogP contribution in [0.2, 0.25) is 0 Å². The first-order valence-corrected chi connectivity index (χ1v) is 22.4. The fourth-order valence-electron chi connectivity index (χ4n) is 14.3. The van der Waals surface area contributed by atoms with E-state index in [0.717, 1.165) is 69.8 Å². The lowest BCUT2D eigenvalue weighted by Crippen LogP contribution is -2.67. The van der Waals surface area contributed by atoms with Gasteiger partial charge in [0.25, 0.3) is 0 Å². The number of aliphatic carboxylic acids is 1. The largest absolute Gasteiger partial charge is 0.481 e. The number of hydrogen-bond acceptors (Lipinski definition) is 7. The van der Waals surface area contributed by atoms with Gasteiger partial charge in [-0.3, -0.25) is 19.2 Å². The molecule has 0 spiro atoms. The molecule has 2 amide bonds. The summed E-state index contributed by atoms with van der Waals surface area (Å²) in [7, 11) is 0. The Hall–Kier alpha value is -3.82. The molecular formula is C49H70N2O8. The van der Waals surface area contributed by atoms with Gasteiger partial charge in [-0.15, -0.1) is 0 Å². The predicted octanol–water partition coefficient (Wildman–Crippen LogP) is 9.12. The van der Waals surface area contributed by atoms with E-state index >= 15 is 0 Å². The number of benzene rings is 1. The number of fused-ring (bicyclic) bond motifs is 8. The highest BCUT2D eigenvalue weighted by atomic mass is 16.7. The average molecular weight is 815 g/mol. The Balaban J connectivity index is 1.00. The van der Waals surface area contributed by atoms with Crippen LogP contribution < -0.4 is 20.1 Å². The lowest BCUT2D eigenvalue weighted by Gasteiger charge is -2.72. The zero-order valence-electron chi connectivity index (χ0n) is 37.0. The molecule has 10 heteroatoms. The standard InChI is InChI=1S/C49H70N2O8/c1-30(2)32-17-22-49(42(54)51-26-10-25-50-39(52)16-12-31-11-14-34-35(27-31)58-29-57-34)24-23-47(8)33(41(32)49)13-15-37-46(7)20-19-38(59-40(53)28-44(3,4)43(55)56)45(5,6)36(46)18-21-48(37,47)9/h11-12,14,16,27,32-33,36-38,41H,1,10,13,15,17-26,28-29H2,2-9H3,(H,50,52)(H,51,54)(H,55,56)/b16-12+/t32-,33+,36-,37+,38-,41+,46-,47+,48+,49-/m0/s1. The molecule has 7 rings (SSSR count). The summed E-state index contributed by atoms with van der Waals surface area (Å²) >= 11 is 0.